The van der Waals surface area contributed by atoms with Crippen molar-refractivity contribution >= 4 is 33.8 Å². The van der Waals surface area contributed by atoms with E-state index in [0.29, 0.717) is 11.2 Å². The van der Waals surface area contributed by atoms with E-state index in [0.717, 1.165) is 9.77 Å². The molecular formula is C6H3FIN3. The molecule has 0 unspecified atom stereocenters. The molecular weight excluding hydrogens is 260 g/mol. The Morgan fingerprint density at radius 1 is 1.55 bits per heavy atom. The summed E-state index contributed by atoms with van der Waals surface area (Å²) in [5, 5.41) is 0. The molecule has 0 radical (unpaired) electrons. The van der Waals surface area contributed by atoms with Gasteiger partial charge in [-0.25, -0.2) is 9.97 Å². The van der Waals surface area contributed by atoms with Crippen molar-refractivity contribution in [2.75, 3.05) is 0 Å². The van der Waals surface area contributed by atoms with Crippen LogP contribution < -0.4 is 0 Å². The first kappa shape index (κ1) is 6.96. The van der Waals surface area contributed by atoms with Gasteiger partial charge >= 0.3 is 0 Å². The molecule has 2 aromatic heterocycles. The van der Waals surface area contributed by atoms with E-state index in [1.54, 1.807) is 6.20 Å². The van der Waals surface area contributed by atoms with Crippen LogP contribution in [-0.4, -0.2) is 15.0 Å². The lowest BCUT2D eigenvalue weighted by Crippen LogP contribution is -1.85. The molecule has 3 nitrogen and oxygen atoms in total. The highest BCUT2D eigenvalue weighted by atomic mass is 127. The average Bonchev–Trinajstić information content (AvgIpc) is 2.33. The highest BCUT2D eigenvalue weighted by Crippen LogP contribution is 2.15. The minimum absolute atomic E-state index is 0.546. The van der Waals surface area contributed by atoms with Crippen LogP contribution >= 0.6 is 22.6 Å². The van der Waals surface area contributed by atoms with Gasteiger partial charge in [-0.15, -0.1) is 0 Å². The Hall–Kier alpha value is -0.720. The molecule has 56 valence electrons. The lowest BCUT2D eigenvalue weighted by molar-refractivity contribution is 0.583. The van der Waals surface area contributed by atoms with E-state index in [9.17, 15) is 4.39 Å². The molecule has 0 atom stereocenters. The summed E-state index contributed by atoms with van der Waals surface area (Å²) in [6, 6.07) is 0. The van der Waals surface area contributed by atoms with Gasteiger partial charge in [0, 0.05) is 6.20 Å². The van der Waals surface area contributed by atoms with E-state index in [4.69, 9.17) is 0 Å². The summed E-state index contributed by atoms with van der Waals surface area (Å²) >= 11 is 2.07. The summed E-state index contributed by atoms with van der Waals surface area (Å²) in [5.74, 6) is -0.546. The molecule has 0 aliphatic heterocycles. The zero-order valence-electron chi connectivity index (χ0n) is 5.31. The van der Waals surface area contributed by atoms with E-state index in [1.165, 1.54) is 0 Å². The van der Waals surface area contributed by atoms with Crippen molar-refractivity contribution < 1.29 is 4.39 Å². The molecule has 0 aliphatic rings. The monoisotopic (exact) mass is 263 g/mol. The topological polar surface area (TPSA) is 41.6 Å². The smallest absolute Gasteiger partial charge is 0.232 e. The molecule has 2 aromatic rings. The molecule has 11 heavy (non-hydrogen) atoms. The maximum atomic E-state index is 12.5. The van der Waals surface area contributed by atoms with E-state index < -0.39 is 5.95 Å². The van der Waals surface area contributed by atoms with Gasteiger partial charge in [-0.1, -0.05) is 0 Å². The molecule has 0 aromatic carbocycles. The summed E-state index contributed by atoms with van der Waals surface area (Å²) in [4.78, 5) is 10.3. The molecule has 5 heteroatoms. The van der Waals surface area contributed by atoms with E-state index in [2.05, 4.69) is 37.5 Å². The predicted molar refractivity (Wildman–Crippen MR) is 46.6 cm³/mol. The number of H-pyrrole nitrogens is 1. The fourth-order valence-electron chi connectivity index (χ4n) is 0.840. The largest absolute Gasteiger partial charge is 0.344 e. The molecule has 2 heterocycles. The van der Waals surface area contributed by atoms with Crippen LogP contribution in [0.25, 0.3) is 11.2 Å². The predicted octanol–water partition coefficient (Wildman–Crippen LogP) is 1.70. The number of nitrogens with one attached hydrogen (secondary N) is 1. The summed E-state index contributed by atoms with van der Waals surface area (Å²) in [7, 11) is 0. The molecule has 1 N–H and O–H groups in total. The third kappa shape index (κ3) is 1.09. The summed E-state index contributed by atoms with van der Waals surface area (Å²) < 4.78 is 13.4. The van der Waals surface area contributed by atoms with Gasteiger partial charge in [-0.05, 0) is 22.6 Å². The minimum Gasteiger partial charge on any atom is -0.344 e. The van der Waals surface area contributed by atoms with Crippen molar-refractivity contribution in [3.8, 4) is 0 Å². The standard InChI is InChI=1S/C6H3FIN3/c7-4-2-10-6-5(11-4)3(8)1-9-6/h1-2H,(H,9,10). The second-order valence-electron chi connectivity index (χ2n) is 2.03. The van der Waals surface area contributed by atoms with Gasteiger partial charge < -0.3 is 4.98 Å². The lowest BCUT2D eigenvalue weighted by atomic mass is 10.5. The van der Waals surface area contributed by atoms with Gasteiger partial charge in [-0.2, -0.15) is 4.39 Å². The normalized spacial score (nSPS) is 10.7. The van der Waals surface area contributed by atoms with Crippen molar-refractivity contribution in [1.29, 1.82) is 0 Å². The molecule has 0 saturated heterocycles. The summed E-state index contributed by atoms with van der Waals surface area (Å²) in [6.07, 6.45) is 2.83. The lowest BCUT2D eigenvalue weighted by Gasteiger charge is -1.87. The van der Waals surface area contributed by atoms with Gasteiger partial charge in [0.05, 0.1) is 9.77 Å². The maximum absolute atomic E-state index is 12.5. The van der Waals surface area contributed by atoms with Crippen LogP contribution in [0.2, 0.25) is 0 Å². The molecule has 0 fully saturated rings. The number of aromatic nitrogens is 3. The Kier molecular flexibility index (Phi) is 1.52. The van der Waals surface area contributed by atoms with Crippen molar-refractivity contribution in [2.45, 2.75) is 0 Å². The third-order valence-corrected chi connectivity index (χ3v) is 2.13. The highest BCUT2D eigenvalue weighted by Gasteiger charge is 2.03. The SMILES string of the molecule is Fc1cnc2[nH]cc(I)c2n1. The van der Waals surface area contributed by atoms with Crippen molar-refractivity contribution in [3.63, 3.8) is 0 Å². The Labute approximate surface area is 75.2 Å². The van der Waals surface area contributed by atoms with Crippen LogP contribution in [0.1, 0.15) is 0 Å². The third-order valence-electron chi connectivity index (χ3n) is 1.30. The van der Waals surface area contributed by atoms with Crippen LogP contribution in [0, 0.1) is 9.52 Å². The van der Waals surface area contributed by atoms with Crippen LogP contribution in [0.15, 0.2) is 12.4 Å². The van der Waals surface area contributed by atoms with E-state index in [-0.39, 0.29) is 0 Å². The molecule has 0 bridgehead atoms. The number of rotatable bonds is 0. The number of nitrogens with zero attached hydrogens (tertiary/aromatic N) is 2. The van der Waals surface area contributed by atoms with Gasteiger partial charge in [0.1, 0.15) is 5.52 Å². The quantitative estimate of drug-likeness (QED) is 0.735. The fraction of sp³-hybridized carbons (Fsp3) is 0. The van der Waals surface area contributed by atoms with Gasteiger partial charge in [0.15, 0.2) is 5.65 Å². The first-order valence-corrected chi connectivity index (χ1v) is 4.00. The minimum atomic E-state index is -0.546. The first-order valence-electron chi connectivity index (χ1n) is 2.92. The fourth-order valence-corrected chi connectivity index (χ4v) is 1.37. The Morgan fingerprint density at radius 3 is 3.18 bits per heavy atom. The number of fused-ring (bicyclic) bond motifs is 1. The molecule has 0 spiro atoms. The number of hydrogen-bond acceptors (Lipinski definition) is 2. The van der Waals surface area contributed by atoms with Gasteiger partial charge in [0.25, 0.3) is 0 Å². The molecule has 0 amide bonds. The zero-order chi connectivity index (χ0) is 7.84. The van der Waals surface area contributed by atoms with Gasteiger partial charge in [-0.3, -0.25) is 0 Å². The van der Waals surface area contributed by atoms with E-state index in [1.807, 2.05) is 0 Å². The Morgan fingerprint density at radius 2 is 2.36 bits per heavy atom. The zero-order valence-corrected chi connectivity index (χ0v) is 7.46. The Bertz CT molecular complexity index is 398. The summed E-state index contributed by atoms with van der Waals surface area (Å²) in [5.41, 5.74) is 1.21. The second kappa shape index (κ2) is 2.40. The molecule has 0 aliphatic carbocycles. The van der Waals surface area contributed by atoms with Crippen molar-refractivity contribution in [3.05, 3.63) is 21.9 Å². The number of hydrogen-bond donors (Lipinski definition) is 1. The van der Waals surface area contributed by atoms with Crippen LogP contribution in [0.5, 0.6) is 0 Å². The van der Waals surface area contributed by atoms with Crippen molar-refractivity contribution in [2.24, 2.45) is 0 Å². The first-order chi connectivity index (χ1) is 5.27. The Balaban J connectivity index is 2.87. The average molecular weight is 263 g/mol. The highest BCUT2D eigenvalue weighted by molar-refractivity contribution is 14.1. The summed E-state index contributed by atoms with van der Waals surface area (Å²) in [6.45, 7) is 0. The van der Waals surface area contributed by atoms with Crippen LogP contribution in [0.4, 0.5) is 4.39 Å². The second-order valence-corrected chi connectivity index (χ2v) is 3.19. The van der Waals surface area contributed by atoms with Gasteiger partial charge in [0.2, 0.25) is 5.95 Å². The molecule has 0 saturated carbocycles. The van der Waals surface area contributed by atoms with Crippen LogP contribution in [-0.2, 0) is 0 Å². The number of halogens is 2. The van der Waals surface area contributed by atoms with E-state index >= 15 is 0 Å². The molecule has 2 rings (SSSR count). The number of aromatic amines is 1. The van der Waals surface area contributed by atoms with Crippen molar-refractivity contribution in [1.82, 2.24) is 15.0 Å². The maximum Gasteiger partial charge on any atom is 0.232 e. The van der Waals surface area contributed by atoms with Crippen LogP contribution in [0.3, 0.4) is 0 Å².